The summed E-state index contributed by atoms with van der Waals surface area (Å²) >= 11 is 0. The third-order valence-electron chi connectivity index (χ3n) is 3.53. The van der Waals surface area contributed by atoms with E-state index in [1.165, 1.54) is 0 Å². The van der Waals surface area contributed by atoms with Gasteiger partial charge < -0.3 is 0 Å². The van der Waals surface area contributed by atoms with Crippen LogP contribution in [0.15, 0.2) is 0 Å². The fraction of sp³-hybridized carbons (Fsp3) is 0.929. The van der Waals surface area contributed by atoms with Crippen molar-refractivity contribution < 1.29 is 4.79 Å². The molecular weight excluding hydrogens is 215 g/mol. The Bertz CT molecular complexity index is 284. The molecular formula is C14H27OP. The van der Waals surface area contributed by atoms with Crippen LogP contribution in [0.2, 0.25) is 0 Å². The Balaban J connectivity index is 3.19. The van der Waals surface area contributed by atoms with E-state index in [2.05, 4.69) is 48.5 Å². The van der Waals surface area contributed by atoms with Gasteiger partial charge in [-0.05, 0) is 21.9 Å². The van der Waals surface area contributed by atoms with E-state index in [4.69, 9.17) is 0 Å². The Morgan fingerprint density at radius 3 is 2.00 bits per heavy atom. The summed E-state index contributed by atoms with van der Waals surface area (Å²) in [6, 6.07) is 0. The Hall–Kier alpha value is 0.100. The van der Waals surface area contributed by atoms with Crippen LogP contribution in [-0.4, -0.2) is 21.3 Å². The molecule has 1 saturated heterocycles. The molecule has 0 saturated carbocycles. The monoisotopic (exact) mass is 242 g/mol. The van der Waals surface area contributed by atoms with E-state index in [-0.39, 0.29) is 13.1 Å². The fourth-order valence-corrected chi connectivity index (χ4v) is 9.78. The highest BCUT2D eigenvalue weighted by molar-refractivity contribution is 7.62. The maximum absolute atomic E-state index is 11.9. The van der Waals surface area contributed by atoms with E-state index < -0.39 is 0 Å². The number of hydrogen-bond donors (Lipinski definition) is 0. The number of carbonyl (C=O) groups is 1. The smallest absolute Gasteiger partial charge is 0.133 e. The molecule has 0 bridgehead atoms. The second-order valence-corrected chi connectivity index (χ2v) is 11.8. The number of hydrogen-bond acceptors (Lipinski definition) is 1. The number of carbonyl (C=O) groups excluding carboxylic acids is 1. The summed E-state index contributed by atoms with van der Waals surface area (Å²) < 4.78 is 0. The largest absolute Gasteiger partial charge is 0.300 e. The first-order valence-electron chi connectivity index (χ1n) is 6.29. The van der Waals surface area contributed by atoms with Crippen LogP contribution in [0.25, 0.3) is 0 Å². The molecule has 1 nitrogen and oxygen atoms in total. The highest BCUT2D eigenvalue weighted by Crippen LogP contribution is 2.70. The first-order valence-corrected chi connectivity index (χ1v) is 7.63. The van der Waals surface area contributed by atoms with Crippen LogP contribution in [-0.2, 0) is 4.79 Å². The molecule has 0 aromatic carbocycles. The van der Waals surface area contributed by atoms with Gasteiger partial charge in [-0.2, -0.15) is 0 Å². The Kier molecular flexibility index (Phi) is 3.62. The zero-order chi connectivity index (χ0) is 12.8. The average Bonchev–Trinajstić information content (AvgIpc) is 2.01. The quantitative estimate of drug-likeness (QED) is 0.568. The van der Waals surface area contributed by atoms with Gasteiger partial charge in [-0.25, -0.2) is 0 Å². The lowest BCUT2D eigenvalue weighted by Gasteiger charge is -2.51. The molecule has 1 unspecified atom stereocenters. The van der Waals surface area contributed by atoms with Crippen LogP contribution in [0.3, 0.4) is 0 Å². The molecule has 0 amide bonds. The molecule has 1 fully saturated rings. The van der Waals surface area contributed by atoms with Crippen molar-refractivity contribution in [1.82, 2.24) is 0 Å². The van der Waals surface area contributed by atoms with Crippen LogP contribution in [0.1, 0.15) is 67.7 Å². The van der Waals surface area contributed by atoms with E-state index in [0.717, 1.165) is 19.3 Å². The number of rotatable bonds is 0. The van der Waals surface area contributed by atoms with Crippen LogP contribution in [0, 0.1) is 0 Å². The van der Waals surface area contributed by atoms with Crippen molar-refractivity contribution in [2.24, 2.45) is 0 Å². The zero-order valence-electron chi connectivity index (χ0n) is 12.0. The molecule has 94 valence electrons. The van der Waals surface area contributed by atoms with Crippen molar-refractivity contribution in [1.29, 1.82) is 0 Å². The van der Waals surface area contributed by atoms with Gasteiger partial charge in [0, 0.05) is 12.8 Å². The third-order valence-corrected chi connectivity index (χ3v) is 7.67. The van der Waals surface area contributed by atoms with Gasteiger partial charge in [0.2, 0.25) is 0 Å². The second kappa shape index (κ2) is 4.09. The van der Waals surface area contributed by atoms with Gasteiger partial charge in [-0.1, -0.05) is 56.4 Å². The van der Waals surface area contributed by atoms with Gasteiger partial charge >= 0.3 is 0 Å². The molecule has 0 aliphatic carbocycles. The lowest BCUT2D eigenvalue weighted by Crippen LogP contribution is -2.37. The first kappa shape index (κ1) is 14.2. The summed E-state index contributed by atoms with van der Waals surface area (Å²) in [5, 5.41) is 0.834. The standard InChI is InChI=1S/C14H27OP/c1-12(2,3)16-13(4,5)9-8-11(15)10-14(16,6)7/h8-10H2,1-7H3. The Morgan fingerprint density at radius 2 is 1.56 bits per heavy atom. The fourth-order valence-electron chi connectivity index (χ4n) is 3.84. The SMILES string of the molecule is CC(C)(C)P1C(C)(C)CCC(=O)CC1(C)C. The van der Waals surface area contributed by atoms with E-state index in [1.54, 1.807) is 0 Å². The van der Waals surface area contributed by atoms with Crippen molar-refractivity contribution in [3.63, 3.8) is 0 Å². The van der Waals surface area contributed by atoms with Gasteiger partial charge in [-0.3, -0.25) is 4.79 Å². The third kappa shape index (κ3) is 2.86. The molecule has 0 aromatic rings. The zero-order valence-corrected chi connectivity index (χ0v) is 12.9. The van der Waals surface area contributed by atoms with Gasteiger partial charge in [0.15, 0.2) is 0 Å². The normalized spacial score (nSPS) is 29.9. The molecule has 16 heavy (non-hydrogen) atoms. The van der Waals surface area contributed by atoms with Crippen molar-refractivity contribution in [3.05, 3.63) is 0 Å². The summed E-state index contributed by atoms with van der Waals surface area (Å²) in [4.78, 5) is 11.9. The lowest BCUT2D eigenvalue weighted by atomic mass is 10.00. The summed E-state index contributed by atoms with van der Waals surface area (Å²) in [7, 11) is -0.173. The van der Waals surface area contributed by atoms with E-state index in [9.17, 15) is 4.79 Å². The van der Waals surface area contributed by atoms with Crippen molar-refractivity contribution in [2.75, 3.05) is 0 Å². The molecule has 1 rings (SSSR count). The number of Topliss-reactive ketones (excluding diaryl/α,β-unsaturated/α-hetero) is 1. The predicted molar refractivity (Wildman–Crippen MR) is 73.7 cm³/mol. The van der Waals surface area contributed by atoms with Gasteiger partial charge in [0.25, 0.3) is 0 Å². The maximum Gasteiger partial charge on any atom is 0.133 e. The van der Waals surface area contributed by atoms with Crippen LogP contribution >= 0.6 is 7.92 Å². The van der Waals surface area contributed by atoms with E-state index >= 15 is 0 Å². The maximum atomic E-state index is 11.9. The molecule has 1 atom stereocenters. The van der Waals surface area contributed by atoms with E-state index in [1.807, 2.05) is 0 Å². The second-order valence-electron chi connectivity index (χ2n) is 7.35. The van der Waals surface area contributed by atoms with Crippen LogP contribution in [0.4, 0.5) is 0 Å². The minimum Gasteiger partial charge on any atom is -0.300 e. The Labute approximate surface area is 102 Å². The minimum atomic E-state index is -0.173. The average molecular weight is 242 g/mol. The first-order chi connectivity index (χ1) is 6.97. The molecule has 0 spiro atoms. The van der Waals surface area contributed by atoms with Crippen LogP contribution in [0.5, 0.6) is 0 Å². The van der Waals surface area contributed by atoms with Crippen molar-refractivity contribution in [2.45, 2.75) is 83.2 Å². The Morgan fingerprint density at radius 1 is 1.06 bits per heavy atom. The summed E-state index contributed by atoms with van der Waals surface area (Å²) in [6.45, 7) is 16.4. The predicted octanol–water partition coefficient (Wildman–Crippen LogP) is 4.58. The molecule has 0 radical (unpaired) electrons. The lowest BCUT2D eigenvalue weighted by molar-refractivity contribution is -0.119. The van der Waals surface area contributed by atoms with Gasteiger partial charge in [0.05, 0.1) is 0 Å². The summed E-state index contributed by atoms with van der Waals surface area (Å²) in [5.74, 6) is 0.465. The molecule has 0 aromatic heterocycles. The highest BCUT2D eigenvalue weighted by atomic mass is 31.1. The number of ketones is 1. The molecule has 0 N–H and O–H groups in total. The minimum absolute atomic E-state index is 0.173. The van der Waals surface area contributed by atoms with E-state index in [0.29, 0.717) is 16.1 Å². The summed E-state index contributed by atoms with van der Waals surface area (Å²) in [6.07, 6.45) is 2.63. The molecule has 2 heteroatoms. The topological polar surface area (TPSA) is 17.1 Å². The highest BCUT2D eigenvalue weighted by Gasteiger charge is 2.48. The van der Waals surface area contributed by atoms with Crippen molar-refractivity contribution >= 4 is 13.7 Å². The van der Waals surface area contributed by atoms with Crippen molar-refractivity contribution in [3.8, 4) is 0 Å². The van der Waals surface area contributed by atoms with Gasteiger partial charge in [0.1, 0.15) is 5.78 Å². The molecule has 1 aliphatic rings. The summed E-state index contributed by atoms with van der Waals surface area (Å²) in [5.41, 5.74) is 0. The molecule has 1 heterocycles. The molecule has 1 aliphatic heterocycles. The van der Waals surface area contributed by atoms with Gasteiger partial charge in [-0.15, -0.1) is 0 Å². The van der Waals surface area contributed by atoms with Crippen LogP contribution < -0.4 is 0 Å².